The molecule has 0 aliphatic carbocycles. The minimum atomic E-state index is 0.135. The first-order valence-corrected chi connectivity index (χ1v) is 7.87. The molecule has 2 aromatic heterocycles. The number of fused-ring (bicyclic) bond motifs is 1. The highest BCUT2D eigenvalue weighted by Gasteiger charge is 2.16. The Morgan fingerprint density at radius 1 is 1.24 bits per heavy atom. The molecule has 0 saturated heterocycles. The van der Waals surface area contributed by atoms with Gasteiger partial charge in [0.1, 0.15) is 5.75 Å². The summed E-state index contributed by atoms with van der Waals surface area (Å²) in [6, 6.07) is 12.9. The second-order valence-electron chi connectivity index (χ2n) is 4.80. The Kier molecular flexibility index (Phi) is 4.18. The number of thiophene rings is 1. The molecule has 3 aromatic rings. The van der Waals surface area contributed by atoms with Crippen LogP contribution in [0.2, 0.25) is 0 Å². The summed E-state index contributed by atoms with van der Waals surface area (Å²) in [6.07, 6.45) is 3.65. The highest BCUT2D eigenvalue weighted by molar-refractivity contribution is 7.19. The number of rotatable bonds is 5. The summed E-state index contributed by atoms with van der Waals surface area (Å²) >= 11 is 1.81. The first kappa shape index (κ1) is 14.0. The predicted octanol–water partition coefficient (Wildman–Crippen LogP) is 4.00. The fraction of sp³-hybridized carbons (Fsp3) is 0.235. The molecule has 3 nitrogen and oxygen atoms in total. The van der Waals surface area contributed by atoms with Crippen molar-refractivity contribution < 1.29 is 4.74 Å². The van der Waals surface area contributed by atoms with Crippen LogP contribution in [-0.2, 0) is 0 Å². The van der Waals surface area contributed by atoms with Crippen molar-refractivity contribution in [2.75, 3.05) is 13.7 Å². The fourth-order valence-corrected chi connectivity index (χ4v) is 3.66. The van der Waals surface area contributed by atoms with E-state index in [-0.39, 0.29) is 6.04 Å². The number of ether oxygens (including phenoxy) is 1. The van der Waals surface area contributed by atoms with Gasteiger partial charge in [-0.3, -0.25) is 4.98 Å². The Hall–Kier alpha value is -1.91. The topological polar surface area (TPSA) is 34.1 Å². The molecule has 0 fully saturated rings. The van der Waals surface area contributed by atoms with Gasteiger partial charge in [0.05, 0.1) is 18.8 Å². The van der Waals surface area contributed by atoms with Crippen molar-refractivity contribution in [2.45, 2.75) is 13.0 Å². The first-order valence-electron chi connectivity index (χ1n) is 7.05. The van der Waals surface area contributed by atoms with Gasteiger partial charge in [0.15, 0.2) is 0 Å². The predicted molar refractivity (Wildman–Crippen MR) is 88.1 cm³/mol. The average Bonchev–Trinajstić information content (AvgIpc) is 2.92. The minimum absolute atomic E-state index is 0.135. The van der Waals surface area contributed by atoms with Crippen LogP contribution in [-0.4, -0.2) is 18.6 Å². The number of pyridine rings is 1. The Labute approximate surface area is 128 Å². The zero-order valence-corrected chi connectivity index (χ0v) is 13.0. The van der Waals surface area contributed by atoms with E-state index >= 15 is 0 Å². The Morgan fingerprint density at radius 2 is 2.10 bits per heavy atom. The lowest BCUT2D eigenvalue weighted by molar-refractivity contribution is 0.338. The summed E-state index contributed by atoms with van der Waals surface area (Å²) in [5, 5.41) is 4.66. The summed E-state index contributed by atoms with van der Waals surface area (Å²) in [7, 11) is 1.97. The molecule has 0 amide bonds. The number of benzene rings is 1. The van der Waals surface area contributed by atoms with Gasteiger partial charge in [-0.05, 0) is 43.1 Å². The van der Waals surface area contributed by atoms with Crippen molar-refractivity contribution >= 4 is 21.4 Å². The second kappa shape index (κ2) is 6.24. The van der Waals surface area contributed by atoms with Crippen LogP contribution in [0.3, 0.4) is 0 Å². The molecule has 1 N–H and O–H groups in total. The Morgan fingerprint density at radius 3 is 2.86 bits per heavy atom. The standard InChI is InChI=1S/C17H18N2OS/c1-3-20-14-8-13(10-19-11-14)17(18-2)16-9-12-6-4-5-7-15(12)21-16/h4-11,17-18H,3H2,1-2H3. The van der Waals surface area contributed by atoms with Gasteiger partial charge < -0.3 is 10.1 Å². The maximum absolute atomic E-state index is 5.55. The summed E-state index contributed by atoms with van der Waals surface area (Å²) in [6.45, 7) is 2.63. The second-order valence-corrected chi connectivity index (χ2v) is 5.91. The molecule has 0 radical (unpaired) electrons. The van der Waals surface area contributed by atoms with E-state index in [1.165, 1.54) is 15.0 Å². The van der Waals surface area contributed by atoms with Crippen LogP contribution in [0.25, 0.3) is 10.1 Å². The third-order valence-electron chi connectivity index (χ3n) is 3.40. The molecule has 4 heteroatoms. The molecular formula is C17H18N2OS. The molecular weight excluding hydrogens is 280 g/mol. The van der Waals surface area contributed by atoms with Crippen LogP contribution in [0.4, 0.5) is 0 Å². The summed E-state index contributed by atoms with van der Waals surface area (Å²) in [5.74, 6) is 0.816. The minimum Gasteiger partial charge on any atom is -0.492 e. The Bertz CT molecular complexity index is 705. The van der Waals surface area contributed by atoms with Crippen LogP contribution >= 0.6 is 11.3 Å². The molecule has 3 rings (SSSR count). The van der Waals surface area contributed by atoms with Crippen LogP contribution in [0.15, 0.2) is 48.8 Å². The number of aromatic nitrogens is 1. The summed E-state index contributed by atoms with van der Waals surface area (Å²) in [5.41, 5.74) is 1.12. The molecule has 21 heavy (non-hydrogen) atoms. The molecule has 2 heterocycles. The van der Waals surface area contributed by atoms with E-state index < -0.39 is 0 Å². The lowest BCUT2D eigenvalue weighted by Crippen LogP contribution is -2.16. The van der Waals surface area contributed by atoms with E-state index in [4.69, 9.17) is 4.74 Å². The van der Waals surface area contributed by atoms with Crippen LogP contribution < -0.4 is 10.1 Å². The third-order valence-corrected chi connectivity index (χ3v) is 4.58. The lowest BCUT2D eigenvalue weighted by atomic mass is 10.1. The quantitative estimate of drug-likeness (QED) is 0.773. The van der Waals surface area contributed by atoms with Crippen molar-refractivity contribution in [3.05, 3.63) is 59.2 Å². The van der Waals surface area contributed by atoms with Crippen LogP contribution in [0.5, 0.6) is 5.75 Å². The smallest absolute Gasteiger partial charge is 0.137 e. The largest absolute Gasteiger partial charge is 0.492 e. The van der Waals surface area contributed by atoms with E-state index in [1.807, 2.05) is 31.5 Å². The van der Waals surface area contributed by atoms with Gasteiger partial charge in [0, 0.05) is 15.8 Å². The molecule has 1 atom stereocenters. The van der Waals surface area contributed by atoms with Crippen molar-refractivity contribution in [1.82, 2.24) is 10.3 Å². The Balaban J connectivity index is 1.99. The number of hydrogen-bond donors (Lipinski definition) is 1. The maximum Gasteiger partial charge on any atom is 0.137 e. The highest BCUT2D eigenvalue weighted by atomic mass is 32.1. The van der Waals surface area contributed by atoms with Gasteiger partial charge in [-0.15, -0.1) is 11.3 Å². The first-order chi connectivity index (χ1) is 10.3. The van der Waals surface area contributed by atoms with Gasteiger partial charge in [0.25, 0.3) is 0 Å². The van der Waals surface area contributed by atoms with Gasteiger partial charge >= 0.3 is 0 Å². The summed E-state index contributed by atoms with van der Waals surface area (Å²) in [4.78, 5) is 5.58. The van der Waals surface area contributed by atoms with E-state index in [9.17, 15) is 0 Å². The van der Waals surface area contributed by atoms with Crippen molar-refractivity contribution in [1.29, 1.82) is 0 Å². The van der Waals surface area contributed by atoms with E-state index in [2.05, 4.69) is 46.7 Å². The fourth-order valence-electron chi connectivity index (χ4n) is 2.46. The van der Waals surface area contributed by atoms with Gasteiger partial charge in [0.2, 0.25) is 0 Å². The van der Waals surface area contributed by atoms with Gasteiger partial charge in [-0.25, -0.2) is 0 Å². The van der Waals surface area contributed by atoms with Gasteiger partial charge in [-0.2, -0.15) is 0 Å². The third kappa shape index (κ3) is 2.91. The molecule has 0 spiro atoms. The van der Waals surface area contributed by atoms with Crippen LogP contribution in [0, 0.1) is 0 Å². The molecule has 1 unspecified atom stereocenters. The number of hydrogen-bond acceptors (Lipinski definition) is 4. The average molecular weight is 298 g/mol. The van der Waals surface area contributed by atoms with Crippen molar-refractivity contribution in [3.63, 3.8) is 0 Å². The van der Waals surface area contributed by atoms with Gasteiger partial charge in [-0.1, -0.05) is 18.2 Å². The summed E-state index contributed by atoms with van der Waals surface area (Å²) < 4.78 is 6.86. The molecule has 108 valence electrons. The van der Waals surface area contributed by atoms with E-state index in [0.29, 0.717) is 6.61 Å². The van der Waals surface area contributed by atoms with Crippen molar-refractivity contribution in [2.24, 2.45) is 0 Å². The SMILES string of the molecule is CCOc1cncc(C(NC)c2cc3ccccc3s2)c1. The molecule has 1 aromatic carbocycles. The zero-order chi connectivity index (χ0) is 14.7. The highest BCUT2D eigenvalue weighted by Crippen LogP contribution is 2.33. The van der Waals surface area contributed by atoms with Crippen LogP contribution in [0.1, 0.15) is 23.4 Å². The molecule has 0 saturated carbocycles. The molecule has 0 bridgehead atoms. The van der Waals surface area contributed by atoms with Crippen molar-refractivity contribution in [3.8, 4) is 5.75 Å². The normalized spacial score (nSPS) is 12.5. The lowest BCUT2D eigenvalue weighted by Gasteiger charge is -2.15. The zero-order valence-electron chi connectivity index (χ0n) is 12.2. The maximum atomic E-state index is 5.55. The van der Waals surface area contributed by atoms with E-state index in [0.717, 1.165) is 11.3 Å². The number of nitrogens with zero attached hydrogens (tertiary/aromatic N) is 1. The molecule has 0 aliphatic heterocycles. The monoisotopic (exact) mass is 298 g/mol. The molecule has 0 aliphatic rings. The van der Waals surface area contributed by atoms with E-state index in [1.54, 1.807) is 6.20 Å². The number of nitrogens with one attached hydrogen (secondary N) is 1.